The van der Waals surface area contributed by atoms with Crippen LogP contribution in [0.3, 0.4) is 0 Å². The van der Waals surface area contributed by atoms with Gasteiger partial charge in [-0.2, -0.15) is 0 Å². The number of carbonyl (C=O) groups excluding carboxylic acids is 4. The smallest absolute Gasteiger partial charge is 0.262 e. The van der Waals surface area contributed by atoms with Crippen molar-refractivity contribution < 1.29 is 45.1 Å². The Labute approximate surface area is 366 Å². The minimum absolute atomic E-state index is 0.105. The molecule has 3 N–H and O–H groups in total. The summed E-state index contributed by atoms with van der Waals surface area (Å²) in [6, 6.07) is 23.5. The van der Waals surface area contributed by atoms with Crippen LogP contribution in [-0.2, 0) is 9.59 Å². The number of alkyl halides is 1. The van der Waals surface area contributed by atoms with Crippen molar-refractivity contribution in [1.29, 1.82) is 0 Å². The molecule has 8 rings (SSSR count). The fourth-order valence-corrected chi connectivity index (χ4v) is 8.26. The minimum atomic E-state index is -3.22. The van der Waals surface area contributed by atoms with Gasteiger partial charge >= 0.3 is 0 Å². The Bertz CT molecular complexity index is 2600. The van der Waals surface area contributed by atoms with E-state index in [1.54, 1.807) is 24.3 Å². The van der Waals surface area contributed by atoms with Gasteiger partial charge in [-0.25, -0.2) is 0 Å². The van der Waals surface area contributed by atoms with E-state index in [1.807, 2.05) is 48.5 Å². The van der Waals surface area contributed by atoms with Crippen molar-refractivity contribution in [2.24, 2.45) is 5.92 Å². The zero-order valence-electron chi connectivity index (χ0n) is 40.7. The number of hydrogen-bond donors (Lipinski definition) is 3. The quantitative estimate of drug-likeness (QED) is 0.0834. The first-order valence-corrected chi connectivity index (χ1v) is 20.5. The van der Waals surface area contributed by atoms with Crippen LogP contribution in [0.1, 0.15) is 80.5 Å². The maximum Gasteiger partial charge on any atom is 0.262 e. The van der Waals surface area contributed by atoms with Crippen molar-refractivity contribution in [3.63, 3.8) is 0 Å². The zero-order chi connectivity index (χ0) is 48.9. The van der Waals surface area contributed by atoms with Crippen LogP contribution in [0.15, 0.2) is 91.0 Å². The largest absolute Gasteiger partial charge is 0.508 e. The number of allylic oxidation sites excluding steroid dienone is 1. The third-order valence-electron chi connectivity index (χ3n) is 11.3. The van der Waals surface area contributed by atoms with Crippen LogP contribution >= 0.6 is 11.6 Å². The second-order valence-electron chi connectivity index (χ2n) is 15.1. The number of imide groups is 2. The lowest BCUT2D eigenvalue weighted by Gasteiger charge is -2.39. The molecule has 312 valence electrons. The van der Waals surface area contributed by atoms with Crippen LogP contribution in [-0.4, -0.2) is 119 Å². The van der Waals surface area contributed by atoms with Gasteiger partial charge in [-0.05, 0) is 127 Å². The van der Waals surface area contributed by atoms with Gasteiger partial charge in [-0.15, -0.1) is 11.6 Å². The molecule has 4 aliphatic rings. The van der Waals surface area contributed by atoms with E-state index in [-0.39, 0.29) is 53.6 Å². The number of benzene rings is 4. The molecule has 1 atom stereocenters. The average Bonchev–Trinajstić information content (AvgIpc) is 3.54. The molecule has 4 heterocycles. The Balaban J connectivity index is 0.907. The second-order valence-corrected chi connectivity index (χ2v) is 15.5. The van der Waals surface area contributed by atoms with Gasteiger partial charge in [-0.1, -0.05) is 36.4 Å². The Morgan fingerprint density at radius 3 is 2.00 bits per heavy atom. The number of hydrogen-bond acceptors (Lipinski definition) is 10. The first kappa shape index (κ1) is 32.1. The summed E-state index contributed by atoms with van der Waals surface area (Å²) in [4.78, 5) is 55.0. The monoisotopic (exact) mass is 839 g/mol. The number of phenols is 2. The van der Waals surface area contributed by atoms with E-state index in [9.17, 15) is 29.4 Å². The summed E-state index contributed by atoms with van der Waals surface area (Å²) >= 11 is 6.29. The van der Waals surface area contributed by atoms with Gasteiger partial charge in [0, 0.05) is 62.5 Å². The molecule has 0 aromatic heterocycles. The number of fused-ring (bicyclic) bond motifs is 1. The number of likely N-dealkylation sites (tertiary alicyclic amines) is 1. The highest BCUT2D eigenvalue weighted by Crippen LogP contribution is 2.37. The number of nitrogens with one attached hydrogen (secondary N) is 1. The lowest BCUT2D eigenvalue weighted by molar-refractivity contribution is -0.136. The Kier molecular flexibility index (Phi) is 9.79. The zero-order valence-corrected chi connectivity index (χ0v) is 33.5. The van der Waals surface area contributed by atoms with Crippen molar-refractivity contribution in [3.8, 4) is 17.2 Å². The molecule has 4 amide bonds. The van der Waals surface area contributed by atoms with Crippen LogP contribution in [0.4, 0.5) is 5.69 Å². The summed E-state index contributed by atoms with van der Waals surface area (Å²) in [6.45, 7) is -10.9. The molecule has 3 fully saturated rings. The van der Waals surface area contributed by atoms with Gasteiger partial charge in [0.25, 0.3) is 11.8 Å². The summed E-state index contributed by atoms with van der Waals surface area (Å²) in [6.07, 6.45) is 1.32. The highest BCUT2D eigenvalue weighted by Gasteiger charge is 2.45. The first-order valence-electron chi connectivity index (χ1n) is 23.9. The van der Waals surface area contributed by atoms with Crippen LogP contribution in [0, 0.1) is 5.92 Å². The number of phenolic OH excluding ortho intramolecular Hbond substituents is 2. The number of halogens is 1. The molecule has 0 spiro atoms. The van der Waals surface area contributed by atoms with Crippen molar-refractivity contribution in [2.45, 2.75) is 38.1 Å². The molecular weight excluding hydrogens is 782 g/mol. The van der Waals surface area contributed by atoms with Gasteiger partial charge in [0.05, 0.1) is 16.6 Å². The molecule has 60 heavy (non-hydrogen) atoms. The molecule has 0 aliphatic carbocycles. The molecule has 4 aromatic carbocycles. The number of rotatable bonds is 13. The molecule has 0 saturated carbocycles. The molecular formula is C47H50ClN5O7. The molecule has 4 aromatic rings. The van der Waals surface area contributed by atoms with Gasteiger partial charge in [-0.3, -0.25) is 39.2 Å². The number of ether oxygens (including phenoxy) is 1. The normalized spacial score (nSPS) is 25.0. The van der Waals surface area contributed by atoms with Gasteiger partial charge in [0.15, 0.2) is 0 Å². The van der Waals surface area contributed by atoms with E-state index in [2.05, 4.69) is 10.2 Å². The fourth-order valence-electron chi connectivity index (χ4n) is 8.07. The molecule has 0 bridgehead atoms. The van der Waals surface area contributed by atoms with Crippen molar-refractivity contribution in [1.82, 2.24) is 20.0 Å². The van der Waals surface area contributed by atoms with Crippen molar-refractivity contribution >= 4 is 52.1 Å². The molecule has 12 nitrogen and oxygen atoms in total. The SMILES string of the molecule is [2H]C1([2H])N(CC2CCN(CCOc3ccc(C(=C(CCCl)c4ccc(O)cc4)c4ccc(O)cc4)cc3)CC2)C([2H])([2H])C([2H])([2H])N(c2ccc3c(c2)C(=O)N(C2CCC(=O)NC2=O)C3=O)C1([2H])[2H]. The number of piperazine rings is 1. The summed E-state index contributed by atoms with van der Waals surface area (Å²) in [7, 11) is 0. The topological polar surface area (TPSA) is 143 Å². The molecule has 0 radical (unpaired) electrons. The summed E-state index contributed by atoms with van der Waals surface area (Å²) in [5.41, 5.74) is 3.70. The molecule has 13 heteroatoms. The summed E-state index contributed by atoms with van der Waals surface area (Å²) < 4.78 is 78.5. The number of anilines is 1. The predicted molar refractivity (Wildman–Crippen MR) is 230 cm³/mol. The van der Waals surface area contributed by atoms with Crippen LogP contribution < -0.4 is 15.0 Å². The minimum Gasteiger partial charge on any atom is -0.508 e. The summed E-state index contributed by atoms with van der Waals surface area (Å²) in [5.74, 6) is -2.20. The van der Waals surface area contributed by atoms with E-state index in [4.69, 9.17) is 27.3 Å². The number of carbonyl (C=O) groups is 4. The summed E-state index contributed by atoms with van der Waals surface area (Å²) in [5, 5.41) is 22.0. The second kappa shape index (κ2) is 18.3. The number of piperidine rings is 2. The lowest BCUT2D eigenvalue weighted by Crippen LogP contribution is -2.54. The lowest BCUT2D eigenvalue weighted by atomic mass is 9.88. The standard InChI is InChI=1S/C47H50ClN5O7/c48-20-17-39(32-1-8-36(54)9-2-32)44(33-3-10-37(55)11-4-33)34-5-12-38(13-6-34)60-28-27-50-21-18-31(19-22-50)30-51-23-25-52(26-24-51)35-7-14-40-41(29-35)47(59)53(46(40)58)42-15-16-43(56)49-45(42)57/h1-14,29,31,42,54-55H,15-28,30H2,(H,49,56,57)/i23D2,24D2,25D2,26D2. The van der Waals surface area contributed by atoms with E-state index in [0.29, 0.717) is 71.8 Å². The van der Waals surface area contributed by atoms with E-state index < -0.39 is 55.7 Å². The third kappa shape index (κ3) is 9.06. The van der Waals surface area contributed by atoms with Crippen molar-refractivity contribution in [3.05, 3.63) is 119 Å². The molecule has 4 aliphatic heterocycles. The number of aromatic hydroxyl groups is 2. The number of amides is 4. The average molecular weight is 840 g/mol. The van der Waals surface area contributed by atoms with E-state index >= 15 is 0 Å². The number of nitrogens with zero attached hydrogens (tertiary/aromatic N) is 4. The highest BCUT2D eigenvalue weighted by molar-refractivity contribution is 6.23. The maximum atomic E-state index is 13.6. The maximum absolute atomic E-state index is 13.6. The van der Waals surface area contributed by atoms with Gasteiger partial charge in [0.2, 0.25) is 11.8 Å². The van der Waals surface area contributed by atoms with E-state index in [1.165, 1.54) is 0 Å². The third-order valence-corrected chi connectivity index (χ3v) is 11.4. The first-order chi connectivity index (χ1) is 32.2. The van der Waals surface area contributed by atoms with Crippen LogP contribution in [0.2, 0.25) is 0 Å². The molecule has 3 saturated heterocycles. The fraction of sp³-hybridized carbons (Fsp3) is 0.362. The van der Waals surface area contributed by atoms with Gasteiger partial charge < -0.3 is 19.8 Å². The Morgan fingerprint density at radius 1 is 0.750 bits per heavy atom. The molecule has 1 unspecified atom stereocenters. The Hall–Kier alpha value is -5.69. The highest BCUT2D eigenvalue weighted by atomic mass is 35.5. The van der Waals surface area contributed by atoms with Gasteiger partial charge in [0.1, 0.15) is 29.9 Å². The predicted octanol–water partition coefficient (Wildman–Crippen LogP) is 6.00. The van der Waals surface area contributed by atoms with Crippen LogP contribution in [0.25, 0.3) is 11.1 Å². The van der Waals surface area contributed by atoms with Crippen LogP contribution in [0.5, 0.6) is 17.2 Å². The Morgan fingerprint density at radius 2 is 1.37 bits per heavy atom. The van der Waals surface area contributed by atoms with Crippen molar-refractivity contribution in [2.75, 3.05) is 69.6 Å². The van der Waals surface area contributed by atoms with E-state index in [0.717, 1.165) is 46.0 Å².